The number of benzene rings is 2. The third kappa shape index (κ3) is 3.24. The fraction of sp³-hybridized carbons (Fsp3) is 0.300. The first-order valence-electron chi connectivity index (χ1n) is 8.35. The van der Waals surface area contributed by atoms with Crippen LogP contribution in [0, 0.1) is 6.92 Å². The van der Waals surface area contributed by atoms with Crippen molar-refractivity contribution >= 4 is 16.6 Å². The molecule has 4 nitrogen and oxygen atoms in total. The van der Waals surface area contributed by atoms with E-state index in [2.05, 4.69) is 71.3 Å². The summed E-state index contributed by atoms with van der Waals surface area (Å²) in [6, 6.07) is 17.2. The average molecular weight is 320 g/mol. The first-order valence-corrected chi connectivity index (χ1v) is 8.35. The van der Waals surface area contributed by atoms with Gasteiger partial charge in [0.1, 0.15) is 11.6 Å². The molecule has 1 atom stereocenters. The molecule has 1 aromatic heterocycles. The molecule has 1 heterocycles. The predicted octanol–water partition coefficient (Wildman–Crippen LogP) is 3.64. The van der Waals surface area contributed by atoms with Crippen LogP contribution in [0.2, 0.25) is 0 Å². The maximum atomic E-state index is 5.68. The monoisotopic (exact) mass is 320 g/mol. The highest BCUT2D eigenvalue weighted by atomic mass is 15.2. The second kappa shape index (κ2) is 6.97. The molecule has 3 rings (SSSR count). The molecule has 0 amide bonds. The quantitative estimate of drug-likeness (QED) is 0.780. The summed E-state index contributed by atoms with van der Waals surface area (Å²) in [6.07, 6.45) is 0.771. The minimum atomic E-state index is 0.205. The molecule has 0 saturated carbocycles. The Hall–Kier alpha value is -2.46. The maximum Gasteiger partial charge on any atom is 0.132 e. The van der Waals surface area contributed by atoms with Crippen LogP contribution in [0.25, 0.3) is 10.8 Å². The lowest BCUT2D eigenvalue weighted by Crippen LogP contribution is -2.23. The molecule has 0 spiro atoms. The van der Waals surface area contributed by atoms with Gasteiger partial charge in [-0.1, -0.05) is 42.5 Å². The highest BCUT2D eigenvalue weighted by Crippen LogP contribution is 2.29. The Kier molecular flexibility index (Phi) is 4.76. The summed E-state index contributed by atoms with van der Waals surface area (Å²) in [5.74, 6) is 1.72. The molecule has 0 aliphatic rings. The molecule has 2 aromatic carbocycles. The molecule has 3 aromatic rings. The van der Waals surface area contributed by atoms with Crippen LogP contribution in [-0.2, 0) is 6.42 Å². The molecule has 0 radical (unpaired) electrons. The van der Waals surface area contributed by atoms with E-state index in [0.717, 1.165) is 23.8 Å². The molecular weight excluding hydrogens is 296 g/mol. The van der Waals surface area contributed by atoms with Crippen molar-refractivity contribution in [1.82, 2.24) is 9.97 Å². The van der Waals surface area contributed by atoms with E-state index in [1.165, 1.54) is 16.3 Å². The molecule has 4 heteroatoms. The van der Waals surface area contributed by atoms with Crippen LogP contribution < -0.4 is 10.6 Å². The number of anilines is 1. The van der Waals surface area contributed by atoms with E-state index in [9.17, 15) is 0 Å². The molecule has 124 valence electrons. The summed E-state index contributed by atoms with van der Waals surface area (Å²) >= 11 is 0. The van der Waals surface area contributed by atoms with Crippen molar-refractivity contribution in [3.8, 4) is 0 Å². The standard InChI is InChI=1S/C20H24N4/c1-14(18-10-6-8-16-7-4-5-9-19(16)18)24(3)20-13-17(11-12-21)22-15(2)23-20/h4-10,13-14H,11-12,21H2,1-3H3/t14-/m1/s1. The highest BCUT2D eigenvalue weighted by Gasteiger charge is 2.17. The van der Waals surface area contributed by atoms with Gasteiger partial charge in [0, 0.05) is 25.2 Å². The zero-order chi connectivity index (χ0) is 17.1. The number of aryl methyl sites for hydroxylation is 1. The Morgan fingerprint density at radius 3 is 2.62 bits per heavy atom. The summed E-state index contributed by atoms with van der Waals surface area (Å²) in [7, 11) is 2.08. The normalized spacial score (nSPS) is 12.3. The van der Waals surface area contributed by atoms with Gasteiger partial charge in [0.15, 0.2) is 0 Å². The molecule has 2 N–H and O–H groups in total. The minimum absolute atomic E-state index is 0.205. The number of nitrogens with two attached hydrogens (primary N) is 1. The van der Waals surface area contributed by atoms with Gasteiger partial charge in [0.25, 0.3) is 0 Å². The maximum absolute atomic E-state index is 5.68. The van der Waals surface area contributed by atoms with Crippen molar-refractivity contribution in [2.45, 2.75) is 26.3 Å². The molecular formula is C20H24N4. The smallest absolute Gasteiger partial charge is 0.132 e. The molecule has 0 aliphatic carbocycles. The Balaban J connectivity index is 1.98. The summed E-state index contributed by atoms with van der Waals surface area (Å²) in [5.41, 5.74) is 7.97. The van der Waals surface area contributed by atoms with E-state index >= 15 is 0 Å². The van der Waals surface area contributed by atoms with Crippen LogP contribution in [-0.4, -0.2) is 23.6 Å². The summed E-state index contributed by atoms with van der Waals surface area (Å²) in [6.45, 7) is 4.74. The van der Waals surface area contributed by atoms with E-state index in [0.29, 0.717) is 6.54 Å². The van der Waals surface area contributed by atoms with Crippen molar-refractivity contribution < 1.29 is 0 Å². The number of nitrogens with zero attached hydrogens (tertiary/aromatic N) is 3. The topological polar surface area (TPSA) is 55.0 Å². The number of fused-ring (bicyclic) bond motifs is 1. The van der Waals surface area contributed by atoms with Gasteiger partial charge >= 0.3 is 0 Å². The van der Waals surface area contributed by atoms with Crippen LogP contribution in [0.5, 0.6) is 0 Å². The van der Waals surface area contributed by atoms with Crippen LogP contribution in [0.4, 0.5) is 5.82 Å². The molecule has 24 heavy (non-hydrogen) atoms. The number of aromatic nitrogens is 2. The average Bonchev–Trinajstić information content (AvgIpc) is 2.60. The van der Waals surface area contributed by atoms with Gasteiger partial charge in [-0.25, -0.2) is 9.97 Å². The van der Waals surface area contributed by atoms with Gasteiger partial charge in [-0.3, -0.25) is 0 Å². The Bertz CT molecular complexity index is 839. The largest absolute Gasteiger partial charge is 0.353 e. The van der Waals surface area contributed by atoms with Gasteiger partial charge in [-0.05, 0) is 36.7 Å². The lowest BCUT2D eigenvalue weighted by molar-refractivity contribution is 0.726. The highest BCUT2D eigenvalue weighted by molar-refractivity contribution is 5.86. The van der Waals surface area contributed by atoms with Crippen LogP contribution in [0.15, 0.2) is 48.5 Å². The summed E-state index contributed by atoms with van der Waals surface area (Å²) in [5, 5.41) is 2.55. The van der Waals surface area contributed by atoms with Crippen molar-refractivity contribution in [1.29, 1.82) is 0 Å². The van der Waals surface area contributed by atoms with E-state index in [1.54, 1.807) is 0 Å². The zero-order valence-electron chi connectivity index (χ0n) is 14.5. The van der Waals surface area contributed by atoms with Crippen molar-refractivity contribution in [2.24, 2.45) is 5.73 Å². The fourth-order valence-electron chi connectivity index (χ4n) is 3.09. The fourth-order valence-corrected chi connectivity index (χ4v) is 3.09. The molecule has 0 saturated heterocycles. The van der Waals surface area contributed by atoms with E-state index in [-0.39, 0.29) is 6.04 Å². The second-order valence-electron chi connectivity index (χ2n) is 6.16. The van der Waals surface area contributed by atoms with Gasteiger partial charge in [0.2, 0.25) is 0 Å². The third-order valence-corrected chi connectivity index (χ3v) is 4.49. The molecule has 0 unspecified atom stereocenters. The summed E-state index contributed by atoms with van der Waals surface area (Å²) in [4.78, 5) is 11.3. The lowest BCUT2D eigenvalue weighted by atomic mass is 9.99. The van der Waals surface area contributed by atoms with Gasteiger partial charge in [-0.15, -0.1) is 0 Å². The first-order chi connectivity index (χ1) is 11.6. The van der Waals surface area contributed by atoms with Crippen LogP contribution >= 0.6 is 0 Å². The molecule has 0 aliphatic heterocycles. The first kappa shape index (κ1) is 16.4. The van der Waals surface area contributed by atoms with Crippen LogP contribution in [0.3, 0.4) is 0 Å². The molecule has 0 fully saturated rings. The number of hydrogen-bond donors (Lipinski definition) is 1. The molecule has 0 bridgehead atoms. The lowest BCUT2D eigenvalue weighted by Gasteiger charge is -2.28. The minimum Gasteiger partial charge on any atom is -0.353 e. The Morgan fingerprint density at radius 1 is 1.08 bits per heavy atom. The van der Waals surface area contributed by atoms with Crippen molar-refractivity contribution in [3.05, 3.63) is 65.6 Å². The zero-order valence-corrected chi connectivity index (χ0v) is 14.5. The van der Waals surface area contributed by atoms with Gasteiger partial charge in [-0.2, -0.15) is 0 Å². The van der Waals surface area contributed by atoms with Gasteiger partial charge in [0.05, 0.1) is 6.04 Å². The van der Waals surface area contributed by atoms with Crippen molar-refractivity contribution in [2.75, 3.05) is 18.5 Å². The Morgan fingerprint density at radius 2 is 1.83 bits per heavy atom. The summed E-state index contributed by atoms with van der Waals surface area (Å²) < 4.78 is 0. The van der Waals surface area contributed by atoms with E-state index in [1.807, 2.05) is 13.0 Å². The third-order valence-electron chi connectivity index (χ3n) is 4.49. The predicted molar refractivity (Wildman–Crippen MR) is 100 cm³/mol. The van der Waals surface area contributed by atoms with E-state index < -0.39 is 0 Å². The Labute approximate surface area is 143 Å². The number of rotatable bonds is 5. The van der Waals surface area contributed by atoms with Crippen molar-refractivity contribution in [3.63, 3.8) is 0 Å². The van der Waals surface area contributed by atoms with E-state index in [4.69, 9.17) is 5.73 Å². The SMILES string of the molecule is Cc1nc(CCN)cc(N(C)[C@H](C)c2cccc3ccccc23)n1. The van der Waals surface area contributed by atoms with Crippen LogP contribution in [0.1, 0.15) is 30.0 Å². The number of hydrogen-bond acceptors (Lipinski definition) is 4. The second-order valence-corrected chi connectivity index (χ2v) is 6.16. The van der Waals surface area contributed by atoms with Gasteiger partial charge < -0.3 is 10.6 Å².